The first kappa shape index (κ1) is 34.6. The van der Waals surface area contributed by atoms with Crippen molar-refractivity contribution in [3.05, 3.63) is 132 Å². The zero-order valence-corrected chi connectivity index (χ0v) is 28.7. The van der Waals surface area contributed by atoms with Crippen LogP contribution in [0.2, 0.25) is 5.02 Å². The van der Waals surface area contributed by atoms with E-state index < -0.39 is 37.1 Å². The van der Waals surface area contributed by atoms with Crippen LogP contribution < -0.4 is 0 Å². The summed E-state index contributed by atoms with van der Waals surface area (Å²) in [5.74, 6) is -0.980. The maximum Gasteiger partial charge on any atom is 0.340 e. The van der Waals surface area contributed by atoms with E-state index in [0.29, 0.717) is 21.7 Å². The summed E-state index contributed by atoms with van der Waals surface area (Å²) in [6.45, 7) is 3.49. The van der Waals surface area contributed by atoms with Crippen molar-refractivity contribution in [3.63, 3.8) is 0 Å². The van der Waals surface area contributed by atoms with Crippen molar-refractivity contribution >= 4 is 48.4 Å². The van der Waals surface area contributed by atoms with Crippen LogP contribution in [0.1, 0.15) is 25.0 Å². The van der Waals surface area contributed by atoms with Crippen molar-refractivity contribution in [1.29, 1.82) is 0 Å². The highest BCUT2D eigenvalue weighted by atomic mass is 35.5. The number of ether oxygens (including phenoxy) is 1. The monoisotopic (exact) mass is 704 g/mol. The van der Waals surface area contributed by atoms with Crippen LogP contribution in [-0.4, -0.2) is 50.9 Å². The number of carbonyl (C=O) groups excluding carboxylic acids is 1. The number of pyridine rings is 2. The van der Waals surface area contributed by atoms with Crippen LogP contribution in [-0.2, 0) is 29.2 Å². The van der Waals surface area contributed by atoms with Crippen LogP contribution in [0.3, 0.4) is 0 Å². The zero-order chi connectivity index (χ0) is 34.9. The molecule has 0 spiro atoms. The Hall–Kier alpha value is -4.71. The molecule has 0 saturated heterocycles. The number of rotatable bonds is 6. The molecule has 0 unspecified atom stereocenters. The molecule has 0 radical (unpaired) electrons. The van der Waals surface area contributed by atoms with E-state index in [9.17, 15) is 26.0 Å². The lowest BCUT2D eigenvalue weighted by atomic mass is 9.87. The predicted molar refractivity (Wildman–Crippen MR) is 184 cm³/mol. The number of cyclic esters (lactones) is 1. The van der Waals surface area contributed by atoms with Gasteiger partial charge < -0.3 is 4.74 Å². The molecule has 0 bridgehead atoms. The van der Waals surface area contributed by atoms with Crippen LogP contribution in [0.4, 0.5) is 4.39 Å². The highest BCUT2D eigenvalue weighted by Crippen LogP contribution is 2.44. The second kappa shape index (κ2) is 13.4. The fraction of sp³-hybridized carbons (Fsp3) is 0.139. The first-order chi connectivity index (χ1) is 22.5. The van der Waals surface area contributed by atoms with Gasteiger partial charge in [0, 0.05) is 47.8 Å². The molecule has 6 rings (SSSR count). The zero-order valence-electron chi connectivity index (χ0n) is 26.3. The Morgan fingerprint density at radius 1 is 0.729 bits per heavy atom. The number of nitrogens with zero attached hydrogens (tertiary/aromatic N) is 2. The summed E-state index contributed by atoms with van der Waals surface area (Å²) in [6, 6.07) is 24.2. The quantitative estimate of drug-likeness (QED) is 0.168. The average molecular weight is 705 g/mol. The third kappa shape index (κ3) is 7.70. The third-order valence-corrected chi connectivity index (χ3v) is 9.93. The van der Waals surface area contributed by atoms with Gasteiger partial charge in [0.25, 0.3) is 0 Å². The second-order valence-corrected chi connectivity index (χ2v) is 16.0. The molecular formula is C36H30ClFN2O6S2. The Labute approximate surface area is 283 Å². The third-order valence-electron chi connectivity index (χ3n) is 7.47. The van der Waals surface area contributed by atoms with E-state index in [4.69, 9.17) is 16.3 Å². The minimum Gasteiger partial charge on any atom is -0.451 e. The molecule has 1 aliphatic heterocycles. The maximum atomic E-state index is 13.6. The van der Waals surface area contributed by atoms with Gasteiger partial charge in [-0.25, -0.2) is 26.0 Å². The molecule has 2 aromatic heterocycles. The first-order valence-electron chi connectivity index (χ1n) is 14.5. The van der Waals surface area contributed by atoms with Crippen LogP contribution in [0.15, 0.2) is 119 Å². The Kier molecular flexibility index (Phi) is 9.68. The summed E-state index contributed by atoms with van der Waals surface area (Å²) in [6.07, 6.45) is 7.32. The van der Waals surface area contributed by atoms with Crippen molar-refractivity contribution in [3.8, 4) is 22.4 Å². The van der Waals surface area contributed by atoms with E-state index in [-0.39, 0.29) is 15.4 Å². The standard InChI is InChI=1S/C19H17FO4S.C17H13ClN2O2S/c1-19(2)17(12-7-9-15(10-8-12)25(3,22)23)16(18(21)24-19)13-5-4-6-14(20)11-13;1-23(21,22)15-6-4-12(5-7-15)16-9-14(18)11-20-17(16)13-3-2-8-19-10-13/h4-11H,1-3H3;2-11H,1H3. The molecule has 48 heavy (non-hydrogen) atoms. The lowest BCUT2D eigenvalue weighted by Gasteiger charge is -2.21. The molecule has 0 N–H and O–H groups in total. The van der Waals surface area contributed by atoms with Gasteiger partial charge in [-0.3, -0.25) is 9.97 Å². The molecular weight excluding hydrogens is 675 g/mol. The minimum atomic E-state index is -3.32. The molecule has 0 amide bonds. The lowest BCUT2D eigenvalue weighted by Crippen LogP contribution is -2.22. The lowest BCUT2D eigenvalue weighted by molar-refractivity contribution is -0.141. The molecule has 0 atom stereocenters. The van der Waals surface area contributed by atoms with E-state index in [1.54, 1.807) is 74.9 Å². The summed E-state index contributed by atoms with van der Waals surface area (Å²) in [5, 5.41) is 0.514. The van der Waals surface area contributed by atoms with Gasteiger partial charge in [0.15, 0.2) is 19.7 Å². The Morgan fingerprint density at radius 3 is 1.85 bits per heavy atom. The molecule has 5 aromatic rings. The second-order valence-electron chi connectivity index (χ2n) is 11.5. The van der Waals surface area contributed by atoms with Gasteiger partial charge >= 0.3 is 5.97 Å². The first-order valence-corrected chi connectivity index (χ1v) is 18.6. The molecule has 3 aromatic carbocycles. The summed E-state index contributed by atoms with van der Waals surface area (Å²) < 4.78 is 65.5. The van der Waals surface area contributed by atoms with Crippen molar-refractivity contribution < 1.29 is 30.8 Å². The Balaban J connectivity index is 0.000000188. The van der Waals surface area contributed by atoms with Gasteiger partial charge in [-0.05, 0) is 85.1 Å². The molecule has 12 heteroatoms. The largest absolute Gasteiger partial charge is 0.451 e. The number of sulfone groups is 2. The number of aromatic nitrogens is 2. The van der Waals surface area contributed by atoms with E-state index in [1.807, 2.05) is 18.2 Å². The van der Waals surface area contributed by atoms with Crippen molar-refractivity contribution in [2.45, 2.75) is 29.2 Å². The molecule has 0 saturated carbocycles. The summed E-state index contributed by atoms with van der Waals surface area (Å²) in [7, 11) is -6.54. The number of halogens is 2. The number of esters is 1. The van der Waals surface area contributed by atoms with Gasteiger partial charge in [-0.2, -0.15) is 0 Å². The fourth-order valence-electron chi connectivity index (χ4n) is 5.28. The summed E-state index contributed by atoms with van der Waals surface area (Å²) >= 11 is 6.08. The van der Waals surface area contributed by atoms with Gasteiger partial charge in [-0.15, -0.1) is 0 Å². The van der Waals surface area contributed by atoms with Crippen LogP contribution in [0.5, 0.6) is 0 Å². The Bertz CT molecular complexity index is 2260. The number of hydrogen-bond acceptors (Lipinski definition) is 8. The molecule has 8 nitrogen and oxygen atoms in total. The summed E-state index contributed by atoms with van der Waals surface area (Å²) in [5.41, 5.74) is 4.34. The predicted octanol–water partition coefficient (Wildman–Crippen LogP) is 7.34. The van der Waals surface area contributed by atoms with Crippen LogP contribution in [0, 0.1) is 5.82 Å². The fourth-order valence-corrected chi connectivity index (χ4v) is 6.70. The molecule has 1 aliphatic rings. The number of carbonyl (C=O) groups is 1. The number of benzene rings is 3. The molecule has 3 heterocycles. The topological polar surface area (TPSA) is 120 Å². The van der Waals surface area contributed by atoms with Gasteiger partial charge in [0.05, 0.1) is 26.1 Å². The van der Waals surface area contributed by atoms with Crippen LogP contribution >= 0.6 is 11.6 Å². The smallest absolute Gasteiger partial charge is 0.340 e. The maximum absolute atomic E-state index is 13.6. The van der Waals surface area contributed by atoms with Gasteiger partial charge in [-0.1, -0.05) is 48.0 Å². The van der Waals surface area contributed by atoms with E-state index >= 15 is 0 Å². The SMILES string of the molecule is CC1(C)OC(=O)C(c2cccc(F)c2)=C1c1ccc(S(C)(=O)=O)cc1.CS(=O)(=O)c1ccc(-c2cc(Cl)cnc2-c2cccnc2)cc1. The number of hydrogen-bond donors (Lipinski definition) is 0. The molecule has 246 valence electrons. The Morgan fingerprint density at radius 2 is 1.31 bits per heavy atom. The highest BCUT2D eigenvalue weighted by Gasteiger charge is 2.41. The highest BCUT2D eigenvalue weighted by molar-refractivity contribution is 7.91. The van der Waals surface area contributed by atoms with Gasteiger partial charge in [0.1, 0.15) is 11.4 Å². The van der Waals surface area contributed by atoms with Crippen molar-refractivity contribution in [2.24, 2.45) is 0 Å². The average Bonchev–Trinajstić information content (AvgIpc) is 3.28. The molecule has 0 fully saturated rings. The minimum absolute atomic E-state index is 0.187. The van der Waals surface area contributed by atoms with Crippen molar-refractivity contribution in [1.82, 2.24) is 9.97 Å². The molecule has 0 aliphatic carbocycles. The van der Waals surface area contributed by atoms with E-state index in [1.165, 1.54) is 36.6 Å². The normalized spacial score (nSPS) is 14.2. The summed E-state index contributed by atoms with van der Waals surface area (Å²) in [4.78, 5) is 21.4. The van der Waals surface area contributed by atoms with E-state index in [0.717, 1.165) is 28.6 Å². The van der Waals surface area contributed by atoms with Gasteiger partial charge in [0.2, 0.25) is 0 Å². The van der Waals surface area contributed by atoms with E-state index in [2.05, 4.69) is 9.97 Å². The van der Waals surface area contributed by atoms with Crippen LogP contribution in [0.25, 0.3) is 33.5 Å². The van der Waals surface area contributed by atoms with Crippen molar-refractivity contribution in [2.75, 3.05) is 12.5 Å².